The van der Waals surface area contributed by atoms with Crippen LogP contribution >= 0.6 is 11.8 Å². The standard InChI is InChI=1S/C21H27N5OS/c1-21(8-10-28-20(23)26-21)16-6-4-5-15(11-16)12-19(27)18-14-24-17(13-25-18)7-2-3-9-22/h4-6,11,13-14H,2-3,7-10,12,22H2,1H3,(H2,23,26). The van der Waals surface area contributed by atoms with Crippen LogP contribution in [-0.4, -0.2) is 33.2 Å². The summed E-state index contributed by atoms with van der Waals surface area (Å²) in [5.41, 5.74) is 14.4. The number of aromatic nitrogens is 2. The van der Waals surface area contributed by atoms with Crippen LogP contribution in [0, 0.1) is 0 Å². The molecule has 0 bridgehead atoms. The second kappa shape index (κ2) is 9.30. The number of hydrogen-bond donors (Lipinski definition) is 2. The molecule has 1 unspecified atom stereocenters. The van der Waals surface area contributed by atoms with Gasteiger partial charge < -0.3 is 11.5 Å². The van der Waals surface area contributed by atoms with E-state index in [-0.39, 0.29) is 11.3 Å². The van der Waals surface area contributed by atoms with Crippen LogP contribution in [0.1, 0.15) is 53.5 Å². The van der Waals surface area contributed by atoms with Crippen LogP contribution in [0.5, 0.6) is 0 Å². The number of rotatable bonds is 8. The largest absolute Gasteiger partial charge is 0.379 e. The molecular weight excluding hydrogens is 370 g/mol. The van der Waals surface area contributed by atoms with Crippen LogP contribution in [0.3, 0.4) is 0 Å². The summed E-state index contributed by atoms with van der Waals surface area (Å²) in [7, 11) is 0. The Morgan fingerprint density at radius 3 is 2.82 bits per heavy atom. The molecule has 1 atom stereocenters. The fraction of sp³-hybridized carbons (Fsp3) is 0.429. The summed E-state index contributed by atoms with van der Waals surface area (Å²) in [4.78, 5) is 26.0. The third-order valence-corrected chi connectivity index (χ3v) is 5.78. The SMILES string of the molecule is CC1(c2cccc(CC(=O)c3cnc(CCCCN)cn3)c2)CCSC(N)=N1. The zero-order chi connectivity index (χ0) is 20.0. The second-order valence-electron chi connectivity index (χ2n) is 7.26. The molecule has 0 saturated carbocycles. The fourth-order valence-corrected chi connectivity index (χ4v) is 4.24. The zero-order valence-corrected chi connectivity index (χ0v) is 17.0. The minimum Gasteiger partial charge on any atom is -0.379 e. The molecule has 1 aliphatic rings. The molecule has 1 aromatic carbocycles. The van der Waals surface area contributed by atoms with Crippen molar-refractivity contribution >= 4 is 22.7 Å². The minimum absolute atomic E-state index is 0.0365. The number of nitrogens with zero attached hydrogens (tertiary/aromatic N) is 3. The molecule has 0 saturated heterocycles. The maximum absolute atomic E-state index is 12.6. The maximum Gasteiger partial charge on any atom is 0.187 e. The van der Waals surface area contributed by atoms with Crippen LogP contribution in [0.2, 0.25) is 0 Å². The van der Waals surface area contributed by atoms with E-state index in [9.17, 15) is 4.79 Å². The summed E-state index contributed by atoms with van der Waals surface area (Å²) in [5, 5.41) is 0.622. The van der Waals surface area contributed by atoms with Gasteiger partial charge in [-0.05, 0) is 50.3 Å². The van der Waals surface area contributed by atoms with Gasteiger partial charge in [-0.3, -0.25) is 14.8 Å². The Labute approximate surface area is 170 Å². The predicted molar refractivity (Wildman–Crippen MR) is 115 cm³/mol. The Hall–Kier alpha value is -2.25. The van der Waals surface area contributed by atoms with E-state index in [0.717, 1.165) is 48.3 Å². The van der Waals surface area contributed by atoms with Crippen LogP contribution in [-0.2, 0) is 18.4 Å². The summed E-state index contributed by atoms with van der Waals surface area (Å²) in [5.74, 6) is 0.910. The van der Waals surface area contributed by atoms with Gasteiger partial charge in [0, 0.05) is 18.4 Å². The first-order valence-electron chi connectivity index (χ1n) is 9.62. The third-order valence-electron chi connectivity index (χ3n) is 4.99. The van der Waals surface area contributed by atoms with Crippen molar-refractivity contribution in [3.63, 3.8) is 0 Å². The minimum atomic E-state index is -0.334. The van der Waals surface area contributed by atoms with Crippen molar-refractivity contribution in [2.24, 2.45) is 16.5 Å². The molecule has 2 aromatic rings. The van der Waals surface area contributed by atoms with Crippen LogP contribution in [0.4, 0.5) is 0 Å². The van der Waals surface area contributed by atoms with Crippen LogP contribution in [0.15, 0.2) is 41.7 Å². The monoisotopic (exact) mass is 397 g/mol. The molecule has 0 spiro atoms. The van der Waals surface area contributed by atoms with Crippen molar-refractivity contribution in [3.8, 4) is 0 Å². The number of ketones is 1. The average Bonchev–Trinajstić information content (AvgIpc) is 2.69. The highest BCUT2D eigenvalue weighted by atomic mass is 32.2. The molecule has 28 heavy (non-hydrogen) atoms. The Morgan fingerprint density at radius 2 is 2.11 bits per heavy atom. The van der Waals surface area contributed by atoms with Crippen molar-refractivity contribution < 1.29 is 4.79 Å². The number of carbonyl (C=O) groups excluding carboxylic acids is 1. The quantitative estimate of drug-likeness (QED) is 0.524. The molecule has 0 fully saturated rings. The lowest BCUT2D eigenvalue weighted by molar-refractivity contribution is 0.0987. The summed E-state index contributed by atoms with van der Waals surface area (Å²) in [6, 6.07) is 8.04. The van der Waals surface area contributed by atoms with Gasteiger partial charge in [0.1, 0.15) is 5.69 Å². The van der Waals surface area contributed by atoms with Crippen molar-refractivity contribution in [3.05, 3.63) is 59.2 Å². The lowest BCUT2D eigenvalue weighted by Crippen LogP contribution is -2.28. The number of nitrogens with two attached hydrogens (primary N) is 2. The van der Waals surface area contributed by atoms with Gasteiger partial charge in [-0.1, -0.05) is 36.0 Å². The first-order chi connectivity index (χ1) is 13.5. The van der Waals surface area contributed by atoms with Crippen molar-refractivity contribution in [1.29, 1.82) is 0 Å². The normalized spacial score (nSPS) is 19.3. The molecule has 0 radical (unpaired) electrons. The second-order valence-corrected chi connectivity index (χ2v) is 8.38. The van der Waals surface area contributed by atoms with Gasteiger partial charge in [0.15, 0.2) is 11.0 Å². The van der Waals surface area contributed by atoms with Gasteiger partial charge >= 0.3 is 0 Å². The van der Waals surface area contributed by atoms with Gasteiger partial charge in [-0.2, -0.15) is 0 Å². The average molecular weight is 398 g/mol. The molecule has 0 amide bonds. The Balaban J connectivity index is 1.68. The number of unbranched alkanes of at least 4 members (excludes halogenated alkanes) is 1. The van der Waals surface area contributed by atoms with E-state index in [1.807, 2.05) is 12.1 Å². The smallest absolute Gasteiger partial charge is 0.187 e. The molecule has 0 aliphatic carbocycles. The lowest BCUT2D eigenvalue weighted by Gasteiger charge is -2.30. The van der Waals surface area contributed by atoms with Crippen LogP contribution in [0.25, 0.3) is 0 Å². The summed E-state index contributed by atoms with van der Waals surface area (Å²) in [6.07, 6.45) is 7.27. The van der Waals surface area contributed by atoms with Crippen molar-refractivity contribution in [2.75, 3.05) is 12.3 Å². The Morgan fingerprint density at radius 1 is 1.25 bits per heavy atom. The number of aliphatic imine (C=N–C) groups is 1. The Kier molecular flexibility index (Phi) is 6.80. The summed E-state index contributed by atoms with van der Waals surface area (Å²) < 4.78 is 0. The van der Waals surface area contributed by atoms with Gasteiger partial charge in [0.25, 0.3) is 0 Å². The fourth-order valence-electron chi connectivity index (χ4n) is 3.27. The number of carbonyl (C=O) groups is 1. The highest BCUT2D eigenvalue weighted by molar-refractivity contribution is 8.13. The molecule has 6 nitrogen and oxygen atoms in total. The molecule has 3 rings (SSSR count). The Bertz CT molecular complexity index is 852. The van der Waals surface area contributed by atoms with E-state index >= 15 is 0 Å². The van der Waals surface area contributed by atoms with Crippen molar-refractivity contribution in [2.45, 2.75) is 44.6 Å². The number of thioether (sulfide) groups is 1. The molecule has 1 aromatic heterocycles. The van der Waals surface area contributed by atoms with Gasteiger partial charge in [0.2, 0.25) is 0 Å². The number of amidine groups is 1. The molecule has 2 heterocycles. The number of hydrogen-bond acceptors (Lipinski definition) is 7. The van der Waals surface area contributed by atoms with Gasteiger partial charge in [-0.15, -0.1) is 0 Å². The van der Waals surface area contributed by atoms with E-state index < -0.39 is 0 Å². The van der Waals surface area contributed by atoms with E-state index in [0.29, 0.717) is 23.8 Å². The van der Waals surface area contributed by atoms with E-state index in [1.165, 1.54) is 0 Å². The molecule has 1 aliphatic heterocycles. The van der Waals surface area contributed by atoms with Crippen molar-refractivity contribution in [1.82, 2.24) is 9.97 Å². The highest BCUT2D eigenvalue weighted by Crippen LogP contribution is 2.35. The van der Waals surface area contributed by atoms with Gasteiger partial charge in [-0.25, -0.2) is 4.98 Å². The van der Waals surface area contributed by atoms with E-state index in [1.54, 1.807) is 24.2 Å². The molecular formula is C21H27N5OS. The van der Waals surface area contributed by atoms with E-state index in [4.69, 9.17) is 11.5 Å². The number of benzene rings is 1. The summed E-state index contributed by atoms with van der Waals surface area (Å²) in [6.45, 7) is 2.77. The lowest BCUT2D eigenvalue weighted by atomic mass is 9.88. The maximum atomic E-state index is 12.6. The highest BCUT2D eigenvalue weighted by Gasteiger charge is 2.29. The molecule has 7 heteroatoms. The molecule has 148 valence electrons. The van der Waals surface area contributed by atoms with E-state index in [2.05, 4.69) is 34.0 Å². The first-order valence-corrected chi connectivity index (χ1v) is 10.6. The topological polar surface area (TPSA) is 107 Å². The third kappa shape index (κ3) is 5.17. The zero-order valence-electron chi connectivity index (χ0n) is 16.2. The summed E-state index contributed by atoms with van der Waals surface area (Å²) >= 11 is 1.59. The van der Waals surface area contributed by atoms with Crippen LogP contribution < -0.4 is 11.5 Å². The first kappa shape index (κ1) is 20.5. The predicted octanol–water partition coefficient (Wildman–Crippen LogP) is 2.85. The molecule has 4 N–H and O–H groups in total. The number of Topliss-reactive ketones (excluding diaryl/α,β-unsaturated/α-hetero) is 1. The van der Waals surface area contributed by atoms with Gasteiger partial charge in [0.05, 0.1) is 17.4 Å². The number of aryl methyl sites for hydroxylation is 1.